The van der Waals surface area contributed by atoms with E-state index in [1.165, 1.54) is 25.7 Å². The van der Waals surface area contributed by atoms with Crippen molar-refractivity contribution in [1.29, 1.82) is 0 Å². The molecule has 102 valence electrons. The summed E-state index contributed by atoms with van der Waals surface area (Å²) in [5.74, 6) is 1.07. The topological polar surface area (TPSA) is 24.4 Å². The second-order valence-electron chi connectivity index (χ2n) is 5.01. The fourth-order valence-corrected chi connectivity index (χ4v) is 5.10. The smallest absolute Gasteiger partial charge is 0.161 e. The zero-order valence-corrected chi connectivity index (χ0v) is 14.1. The predicted molar refractivity (Wildman–Crippen MR) is 88.9 cm³/mol. The molecule has 1 aliphatic carbocycles. The number of rotatable bonds is 1. The summed E-state index contributed by atoms with van der Waals surface area (Å²) in [4.78, 5) is 4.86. The van der Waals surface area contributed by atoms with Crippen molar-refractivity contribution in [1.82, 2.24) is 0 Å². The van der Waals surface area contributed by atoms with Crippen molar-refractivity contribution in [2.45, 2.75) is 31.2 Å². The van der Waals surface area contributed by atoms with E-state index in [0.29, 0.717) is 10.0 Å². The molecule has 2 nitrogen and oxygen atoms in total. The van der Waals surface area contributed by atoms with Crippen LogP contribution in [0.15, 0.2) is 21.6 Å². The Balaban J connectivity index is 1.83. The fraction of sp³-hybridized carbons (Fsp3) is 0.462. The zero-order chi connectivity index (χ0) is 13.5. The van der Waals surface area contributed by atoms with Gasteiger partial charge in [-0.15, -0.1) is 0 Å². The Bertz CT molecular complexity index is 518. The van der Waals surface area contributed by atoms with Gasteiger partial charge in [0.2, 0.25) is 0 Å². The molecule has 1 aromatic rings. The number of anilines is 1. The summed E-state index contributed by atoms with van der Waals surface area (Å²) in [6, 6.07) is 3.67. The average molecular weight is 380 g/mol. The van der Waals surface area contributed by atoms with Crippen molar-refractivity contribution < 1.29 is 0 Å². The highest BCUT2D eigenvalue weighted by molar-refractivity contribution is 9.10. The normalized spacial score (nSPS) is 20.9. The van der Waals surface area contributed by atoms with Crippen LogP contribution >= 0.6 is 50.9 Å². The van der Waals surface area contributed by atoms with E-state index in [4.69, 9.17) is 28.2 Å². The molecule has 1 aromatic carbocycles. The van der Waals surface area contributed by atoms with Gasteiger partial charge >= 0.3 is 0 Å². The lowest BCUT2D eigenvalue weighted by Gasteiger charge is -2.16. The van der Waals surface area contributed by atoms with Crippen LogP contribution in [0.5, 0.6) is 0 Å². The van der Waals surface area contributed by atoms with Crippen molar-refractivity contribution in [3.8, 4) is 0 Å². The van der Waals surface area contributed by atoms with E-state index in [2.05, 4.69) is 21.2 Å². The molecule has 0 unspecified atom stereocenters. The largest absolute Gasteiger partial charge is 0.333 e. The highest BCUT2D eigenvalue weighted by Gasteiger charge is 2.38. The maximum atomic E-state index is 6.22. The highest BCUT2D eigenvalue weighted by atomic mass is 79.9. The molecule has 0 bridgehead atoms. The number of nitrogens with one attached hydrogen (secondary N) is 1. The Morgan fingerprint density at radius 1 is 1.21 bits per heavy atom. The van der Waals surface area contributed by atoms with Gasteiger partial charge in [0.05, 0.1) is 21.3 Å². The predicted octanol–water partition coefficient (Wildman–Crippen LogP) is 5.58. The number of thioether (sulfide) groups is 1. The third-order valence-corrected chi connectivity index (χ3v) is 5.79. The van der Waals surface area contributed by atoms with Gasteiger partial charge in [0.1, 0.15) is 0 Å². The van der Waals surface area contributed by atoms with E-state index in [-0.39, 0.29) is 5.54 Å². The van der Waals surface area contributed by atoms with Gasteiger partial charge in [-0.1, -0.05) is 63.7 Å². The second kappa shape index (κ2) is 5.47. The number of amidine groups is 1. The third kappa shape index (κ3) is 2.92. The maximum absolute atomic E-state index is 6.22. The lowest BCUT2D eigenvalue weighted by molar-refractivity contribution is 0.508. The Hall–Kier alpha value is 0.1000. The Labute approximate surface area is 135 Å². The Morgan fingerprint density at radius 3 is 2.47 bits per heavy atom. The van der Waals surface area contributed by atoms with Crippen molar-refractivity contribution in [2.24, 2.45) is 4.99 Å². The quantitative estimate of drug-likeness (QED) is 0.688. The van der Waals surface area contributed by atoms with E-state index in [9.17, 15) is 0 Å². The van der Waals surface area contributed by atoms with Gasteiger partial charge in [0, 0.05) is 10.2 Å². The molecule has 19 heavy (non-hydrogen) atoms. The van der Waals surface area contributed by atoms with Gasteiger partial charge in [0.15, 0.2) is 5.17 Å². The maximum Gasteiger partial charge on any atom is 0.161 e. The molecule has 1 N–H and O–H groups in total. The molecule has 1 heterocycles. The summed E-state index contributed by atoms with van der Waals surface area (Å²) in [6.07, 6.45) is 4.98. The van der Waals surface area contributed by atoms with Crippen LogP contribution in [-0.2, 0) is 0 Å². The van der Waals surface area contributed by atoms with E-state index in [0.717, 1.165) is 21.1 Å². The third-order valence-electron chi connectivity index (χ3n) is 3.59. The van der Waals surface area contributed by atoms with Crippen molar-refractivity contribution in [2.75, 3.05) is 11.1 Å². The number of halogens is 3. The first-order chi connectivity index (χ1) is 9.08. The van der Waals surface area contributed by atoms with Crippen LogP contribution in [0.2, 0.25) is 10.0 Å². The molecule has 2 aliphatic rings. The van der Waals surface area contributed by atoms with Gasteiger partial charge in [-0.25, -0.2) is 0 Å². The van der Waals surface area contributed by atoms with Gasteiger partial charge in [0.25, 0.3) is 0 Å². The zero-order valence-electron chi connectivity index (χ0n) is 10.2. The first kappa shape index (κ1) is 14.1. The monoisotopic (exact) mass is 378 g/mol. The van der Waals surface area contributed by atoms with Crippen molar-refractivity contribution in [3.05, 3.63) is 26.7 Å². The number of aliphatic imine (C=N–C) groups is 1. The van der Waals surface area contributed by atoms with Crippen molar-refractivity contribution in [3.63, 3.8) is 0 Å². The van der Waals surface area contributed by atoms with Crippen LogP contribution in [0, 0.1) is 0 Å². The molecule has 1 spiro atoms. The highest BCUT2D eigenvalue weighted by Crippen LogP contribution is 2.42. The van der Waals surface area contributed by atoms with E-state index >= 15 is 0 Å². The first-order valence-corrected chi connectivity index (χ1v) is 8.76. The van der Waals surface area contributed by atoms with Crippen LogP contribution in [0.1, 0.15) is 25.7 Å². The van der Waals surface area contributed by atoms with Gasteiger partial charge < -0.3 is 5.32 Å². The lowest BCUT2D eigenvalue weighted by atomic mass is 10.0. The van der Waals surface area contributed by atoms with Crippen LogP contribution in [0.3, 0.4) is 0 Å². The molecule has 0 radical (unpaired) electrons. The first-order valence-electron chi connectivity index (χ1n) is 6.22. The molecule has 1 fully saturated rings. The summed E-state index contributed by atoms with van der Waals surface area (Å²) >= 11 is 17.6. The SMILES string of the molecule is Clc1cc(Br)cc(Cl)c1NC1=NC2(CCCC2)CS1. The van der Waals surface area contributed by atoms with Gasteiger partial charge in [-0.05, 0) is 25.0 Å². The molecular weight excluding hydrogens is 367 g/mol. The number of nitrogens with zero attached hydrogens (tertiary/aromatic N) is 1. The van der Waals surface area contributed by atoms with Crippen LogP contribution < -0.4 is 5.32 Å². The molecule has 6 heteroatoms. The summed E-state index contributed by atoms with van der Waals surface area (Å²) in [7, 11) is 0. The van der Waals surface area contributed by atoms with Gasteiger partial charge in [-0.2, -0.15) is 0 Å². The van der Waals surface area contributed by atoms with Crippen molar-refractivity contribution >= 4 is 61.7 Å². The van der Waals surface area contributed by atoms with Crippen LogP contribution in [0.4, 0.5) is 5.69 Å². The molecule has 3 rings (SSSR count). The average Bonchev–Trinajstić information content (AvgIpc) is 2.95. The molecule has 0 saturated heterocycles. The fourth-order valence-electron chi connectivity index (χ4n) is 2.60. The second-order valence-corrected chi connectivity index (χ2v) is 7.70. The van der Waals surface area contributed by atoms with Crippen LogP contribution in [-0.4, -0.2) is 16.5 Å². The van der Waals surface area contributed by atoms with Gasteiger partial charge in [-0.3, -0.25) is 4.99 Å². The lowest BCUT2D eigenvalue weighted by Crippen LogP contribution is -2.21. The van der Waals surface area contributed by atoms with E-state index < -0.39 is 0 Å². The summed E-state index contributed by atoms with van der Waals surface area (Å²) in [5, 5.41) is 5.44. The molecule has 1 saturated carbocycles. The Kier molecular flexibility index (Phi) is 4.05. The molecular formula is C13H13BrCl2N2S. The Morgan fingerprint density at radius 2 is 1.84 bits per heavy atom. The number of benzene rings is 1. The minimum atomic E-state index is 0.168. The molecule has 0 aromatic heterocycles. The summed E-state index contributed by atoms with van der Waals surface area (Å²) in [5.41, 5.74) is 0.911. The summed E-state index contributed by atoms with van der Waals surface area (Å²) in [6.45, 7) is 0. The van der Waals surface area contributed by atoms with E-state index in [1.807, 2.05) is 12.1 Å². The molecule has 0 atom stereocenters. The minimum absolute atomic E-state index is 0.168. The summed E-state index contributed by atoms with van der Waals surface area (Å²) < 4.78 is 0.876. The molecule has 0 amide bonds. The standard InChI is InChI=1S/C13H13BrCl2N2S/c14-8-5-9(15)11(10(16)6-8)17-12-18-13(7-19-12)3-1-2-4-13/h5-6H,1-4,7H2,(H,17,18). The number of hydrogen-bond donors (Lipinski definition) is 1. The minimum Gasteiger partial charge on any atom is -0.333 e. The van der Waals surface area contributed by atoms with E-state index in [1.54, 1.807) is 11.8 Å². The van der Waals surface area contributed by atoms with Crippen LogP contribution in [0.25, 0.3) is 0 Å². The number of hydrogen-bond acceptors (Lipinski definition) is 3. The molecule has 1 aliphatic heterocycles.